The van der Waals surface area contributed by atoms with Crippen LogP contribution in [0.15, 0.2) is 12.6 Å². The van der Waals surface area contributed by atoms with Crippen LogP contribution >= 0.6 is 11.6 Å². The second kappa shape index (κ2) is 5.12. The molecule has 0 saturated heterocycles. The molecule has 0 aromatic carbocycles. The molecule has 82 valence electrons. The van der Waals surface area contributed by atoms with Crippen molar-refractivity contribution in [3.05, 3.63) is 29.3 Å². The van der Waals surface area contributed by atoms with Gasteiger partial charge >= 0.3 is 0 Å². The molecule has 1 heterocycles. The second-order valence-corrected chi connectivity index (χ2v) is 3.83. The fourth-order valence-electron chi connectivity index (χ4n) is 1.08. The van der Waals surface area contributed by atoms with Gasteiger partial charge in [0.1, 0.15) is 22.4 Å². The topological polar surface area (TPSA) is 35.0 Å². The molecule has 1 aromatic rings. The SMILES string of the molecule is C=C(OCC)c1cc(Cl)nc(C(C)C)n1. The first kappa shape index (κ1) is 12.0. The molecule has 3 nitrogen and oxygen atoms in total. The van der Waals surface area contributed by atoms with Gasteiger partial charge in [-0.1, -0.05) is 32.0 Å². The highest BCUT2D eigenvalue weighted by Crippen LogP contribution is 2.18. The van der Waals surface area contributed by atoms with Gasteiger partial charge in [-0.3, -0.25) is 0 Å². The van der Waals surface area contributed by atoms with E-state index in [1.54, 1.807) is 6.07 Å². The molecule has 0 aliphatic carbocycles. The molecule has 0 aliphatic heterocycles. The molecule has 0 atom stereocenters. The van der Waals surface area contributed by atoms with Crippen molar-refractivity contribution in [2.75, 3.05) is 6.61 Å². The van der Waals surface area contributed by atoms with E-state index in [0.717, 1.165) is 0 Å². The Morgan fingerprint density at radius 2 is 2.20 bits per heavy atom. The first-order valence-electron chi connectivity index (χ1n) is 4.91. The summed E-state index contributed by atoms with van der Waals surface area (Å²) in [6.45, 7) is 10.3. The second-order valence-electron chi connectivity index (χ2n) is 3.44. The van der Waals surface area contributed by atoms with Crippen LogP contribution in [0.2, 0.25) is 5.15 Å². The zero-order valence-corrected chi connectivity index (χ0v) is 10.0. The van der Waals surface area contributed by atoms with Gasteiger partial charge in [-0.25, -0.2) is 9.97 Å². The summed E-state index contributed by atoms with van der Waals surface area (Å²) in [4.78, 5) is 8.47. The Balaban J connectivity index is 3.03. The van der Waals surface area contributed by atoms with Crippen LogP contribution in [0.5, 0.6) is 0 Å². The Labute approximate surface area is 95.2 Å². The van der Waals surface area contributed by atoms with E-state index in [2.05, 4.69) is 16.5 Å². The van der Waals surface area contributed by atoms with E-state index in [-0.39, 0.29) is 5.92 Å². The molecular formula is C11H15ClN2O. The number of nitrogens with zero attached hydrogens (tertiary/aromatic N) is 2. The van der Waals surface area contributed by atoms with Crippen LogP contribution in [0, 0.1) is 0 Å². The first-order chi connectivity index (χ1) is 7.04. The van der Waals surface area contributed by atoms with E-state index >= 15 is 0 Å². The monoisotopic (exact) mass is 226 g/mol. The lowest BCUT2D eigenvalue weighted by atomic mass is 10.2. The van der Waals surface area contributed by atoms with E-state index in [0.29, 0.717) is 29.0 Å². The highest BCUT2D eigenvalue weighted by atomic mass is 35.5. The Bertz CT molecular complexity index is 364. The number of rotatable bonds is 4. The number of hydrogen-bond donors (Lipinski definition) is 0. The standard InChI is InChI=1S/C11H15ClN2O/c1-5-15-8(4)9-6-10(12)14-11(13-9)7(2)3/h6-7H,4-5H2,1-3H3. The molecule has 0 amide bonds. The molecular weight excluding hydrogens is 212 g/mol. The molecule has 4 heteroatoms. The number of halogens is 1. The minimum atomic E-state index is 0.233. The van der Waals surface area contributed by atoms with Crippen molar-refractivity contribution >= 4 is 17.4 Å². The average molecular weight is 227 g/mol. The van der Waals surface area contributed by atoms with Crippen molar-refractivity contribution in [1.29, 1.82) is 0 Å². The zero-order chi connectivity index (χ0) is 11.4. The summed E-state index contributed by atoms with van der Waals surface area (Å²) in [6, 6.07) is 1.66. The highest BCUT2D eigenvalue weighted by Gasteiger charge is 2.09. The molecule has 1 aromatic heterocycles. The van der Waals surface area contributed by atoms with Gasteiger partial charge in [0.05, 0.1) is 6.61 Å². The summed E-state index contributed by atoms with van der Waals surface area (Å²) in [5, 5.41) is 0.421. The maximum atomic E-state index is 5.89. The molecule has 0 saturated carbocycles. The lowest BCUT2D eigenvalue weighted by Crippen LogP contribution is -2.02. The minimum Gasteiger partial charge on any atom is -0.492 e. The van der Waals surface area contributed by atoms with Crippen molar-refractivity contribution in [3.63, 3.8) is 0 Å². The van der Waals surface area contributed by atoms with E-state index < -0.39 is 0 Å². The Morgan fingerprint density at radius 3 is 2.73 bits per heavy atom. The number of hydrogen-bond acceptors (Lipinski definition) is 3. The smallest absolute Gasteiger partial charge is 0.137 e. The predicted octanol–water partition coefficient (Wildman–Crippen LogP) is 3.26. The van der Waals surface area contributed by atoms with Gasteiger partial charge in [0.15, 0.2) is 0 Å². The van der Waals surface area contributed by atoms with E-state index in [1.165, 1.54) is 0 Å². The van der Waals surface area contributed by atoms with E-state index in [1.807, 2.05) is 20.8 Å². The Hall–Kier alpha value is -1.09. The third-order valence-corrected chi connectivity index (χ3v) is 2.03. The fraction of sp³-hybridized carbons (Fsp3) is 0.455. The van der Waals surface area contributed by atoms with E-state index in [9.17, 15) is 0 Å². The molecule has 0 unspecified atom stereocenters. The van der Waals surface area contributed by atoms with Gasteiger partial charge in [0, 0.05) is 12.0 Å². The number of aromatic nitrogens is 2. The van der Waals surface area contributed by atoms with Gasteiger partial charge < -0.3 is 4.74 Å². The highest BCUT2D eigenvalue weighted by molar-refractivity contribution is 6.29. The first-order valence-corrected chi connectivity index (χ1v) is 5.29. The maximum absolute atomic E-state index is 5.89. The van der Waals surface area contributed by atoms with E-state index in [4.69, 9.17) is 16.3 Å². The van der Waals surface area contributed by atoms with Crippen LogP contribution in [-0.2, 0) is 4.74 Å². The van der Waals surface area contributed by atoms with Crippen LogP contribution in [0.1, 0.15) is 38.2 Å². The van der Waals surface area contributed by atoms with Crippen molar-refractivity contribution in [2.45, 2.75) is 26.7 Å². The summed E-state index contributed by atoms with van der Waals surface area (Å²) in [7, 11) is 0. The van der Waals surface area contributed by atoms with Gasteiger partial charge in [-0.15, -0.1) is 0 Å². The van der Waals surface area contributed by atoms with Gasteiger partial charge in [-0.2, -0.15) is 0 Å². The van der Waals surface area contributed by atoms with Crippen molar-refractivity contribution in [2.24, 2.45) is 0 Å². The predicted molar refractivity (Wildman–Crippen MR) is 61.8 cm³/mol. The summed E-state index contributed by atoms with van der Waals surface area (Å²) in [6.07, 6.45) is 0. The van der Waals surface area contributed by atoms with Gasteiger partial charge in [0.25, 0.3) is 0 Å². The van der Waals surface area contributed by atoms with Crippen molar-refractivity contribution in [3.8, 4) is 0 Å². The summed E-state index contributed by atoms with van der Waals surface area (Å²) < 4.78 is 5.27. The Morgan fingerprint density at radius 1 is 1.53 bits per heavy atom. The molecule has 15 heavy (non-hydrogen) atoms. The summed E-state index contributed by atoms with van der Waals surface area (Å²) in [5.41, 5.74) is 0.653. The molecule has 0 fully saturated rings. The average Bonchev–Trinajstić information content (AvgIpc) is 2.17. The van der Waals surface area contributed by atoms with Crippen LogP contribution in [0.25, 0.3) is 5.76 Å². The van der Waals surface area contributed by atoms with Crippen LogP contribution < -0.4 is 0 Å². The lowest BCUT2D eigenvalue weighted by Gasteiger charge is -2.09. The molecule has 0 N–H and O–H groups in total. The largest absolute Gasteiger partial charge is 0.492 e. The Kier molecular flexibility index (Phi) is 4.09. The van der Waals surface area contributed by atoms with Crippen LogP contribution in [0.3, 0.4) is 0 Å². The third-order valence-electron chi connectivity index (χ3n) is 1.83. The fourth-order valence-corrected chi connectivity index (χ4v) is 1.27. The van der Waals surface area contributed by atoms with Crippen molar-refractivity contribution in [1.82, 2.24) is 9.97 Å². The zero-order valence-electron chi connectivity index (χ0n) is 9.25. The van der Waals surface area contributed by atoms with Crippen LogP contribution in [-0.4, -0.2) is 16.6 Å². The molecule has 0 spiro atoms. The minimum absolute atomic E-state index is 0.233. The van der Waals surface area contributed by atoms with Gasteiger partial charge in [-0.05, 0) is 6.92 Å². The normalized spacial score (nSPS) is 10.5. The summed E-state index contributed by atoms with van der Waals surface area (Å²) in [5.74, 6) is 1.47. The third kappa shape index (κ3) is 3.20. The lowest BCUT2D eigenvalue weighted by molar-refractivity contribution is 0.297. The van der Waals surface area contributed by atoms with Crippen molar-refractivity contribution < 1.29 is 4.74 Å². The molecule has 0 radical (unpaired) electrons. The molecule has 0 bridgehead atoms. The van der Waals surface area contributed by atoms with Crippen LogP contribution in [0.4, 0.5) is 0 Å². The molecule has 0 aliphatic rings. The number of ether oxygens (including phenoxy) is 1. The quantitative estimate of drug-likeness (QED) is 0.584. The maximum Gasteiger partial charge on any atom is 0.137 e. The van der Waals surface area contributed by atoms with Gasteiger partial charge in [0.2, 0.25) is 0 Å². The summed E-state index contributed by atoms with van der Waals surface area (Å²) >= 11 is 5.89. The molecule has 1 rings (SSSR count).